The van der Waals surface area contributed by atoms with Crippen LogP contribution in [-0.2, 0) is 9.59 Å². The Morgan fingerprint density at radius 3 is 2.41 bits per heavy atom. The number of ether oxygens (including phenoxy) is 1. The highest BCUT2D eigenvalue weighted by Gasteiger charge is 2.45. The summed E-state index contributed by atoms with van der Waals surface area (Å²) in [6.45, 7) is 7.59. The molecule has 1 amide bonds. The minimum Gasteiger partial charge on any atom is -0.507 e. The Balaban J connectivity index is 2.06. The van der Waals surface area contributed by atoms with Gasteiger partial charge in [-0.05, 0) is 56.3 Å². The third kappa shape index (κ3) is 5.02. The number of hydrogen-bond acceptors (Lipinski definition) is 5. The van der Waals surface area contributed by atoms with E-state index in [0.29, 0.717) is 36.9 Å². The highest BCUT2D eigenvalue weighted by Crippen LogP contribution is 2.40. The van der Waals surface area contributed by atoms with Gasteiger partial charge in [0.1, 0.15) is 11.5 Å². The number of Topliss-reactive ketones (excluding diaryl/α,β-unsaturated/α-hetero) is 1. The predicted octanol–water partition coefficient (Wildman–Crippen LogP) is 4.01. The summed E-state index contributed by atoms with van der Waals surface area (Å²) in [6.07, 6.45) is 0. The van der Waals surface area contributed by atoms with Crippen molar-refractivity contribution in [3.8, 4) is 5.75 Å². The van der Waals surface area contributed by atoms with Gasteiger partial charge in [0.15, 0.2) is 0 Å². The Morgan fingerprint density at radius 1 is 1.12 bits per heavy atom. The molecule has 6 heteroatoms. The molecule has 0 spiro atoms. The molecule has 2 aromatic rings. The molecular weight excluding hydrogens is 404 g/mol. The second-order valence-electron chi connectivity index (χ2n) is 8.89. The molecule has 0 bridgehead atoms. The smallest absolute Gasteiger partial charge is 0.295 e. The molecule has 0 aromatic heterocycles. The Morgan fingerprint density at radius 2 is 1.81 bits per heavy atom. The summed E-state index contributed by atoms with van der Waals surface area (Å²) >= 11 is 0. The van der Waals surface area contributed by atoms with E-state index in [0.717, 1.165) is 11.1 Å². The molecule has 1 heterocycles. The lowest BCUT2D eigenvalue weighted by molar-refractivity contribution is -0.140. The van der Waals surface area contributed by atoms with Crippen molar-refractivity contribution in [2.45, 2.75) is 26.8 Å². The van der Waals surface area contributed by atoms with E-state index in [-0.39, 0.29) is 11.3 Å². The van der Waals surface area contributed by atoms with Crippen LogP contribution >= 0.6 is 0 Å². The first-order chi connectivity index (χ1) is 15.2. The highest BCUT2D eigenvalue weighted by molar-refractivity contribution is 6.46. The van der Waals surface area contributed by atoms with E-state index in [4.69, 9.17) is 4.74 Å². The van der Waals surface area contributed by atoms with Crippen LogP contribution in [0.15, 0.2) is 54.1 Å². The number of carbonyl (C=O) groups is 2. The maximum atomic E-state index is 13.1. The van der Waals surface area contributed by atoms with Crippen LogP contribution in [0, 0.1) is 12.8 Å². The fraction of sp³-hybridized carbons (Fsp3) is 0.385. The predicted molar refractivity (Wildman–Crippen MR) is 126 cm³/mol. The van der Waals surface area contributed by atoms with Crippen molar-refractivity contribution in [3.05, 3.63) is 70.8 Å². The summed E-state index contributed by atoms with van der Waals surface area (Å²) in [5.41, 5.74) is 2.21. The summed E-state index contributed by atoms with van der Waals surface area (Å²) in [5, 5.41) is 11.3. The van der Waals surface area contributed by atoms with Gasteiger partial charge in [-0.15, -0.1) is 0 Å². The van der Waals surface area contributed by atoms with Gasteiger partial charge < -0.3 is 19.6 Å². The zero-order valence-corrected chi connectivity index (χ0v) is 19.5. The average Bonchev–Trinajstić information content (AvgIpc) is 3.01. The molecule has 1 fully saturated rings. The second-order valence-corrected chi connectivity index (χ2v) is 8.89. The van der Waals surface area contributed by atoms with E-state index in [1.54, 1.807) is 17.0 Å². The lowest BCUT2D eigenvalue weighted by atomic mass is 9.94. The summed E-state index contributed by atoms with van der Waals surface area (Å²) in [6, 6.07) is 14.1. The molecule has 6 nitrogen and oxygen atoms in total. The number of nitrogens with zero attached hydrogens (tertiary/aromatic N) is 2. The van der Waals surface area contributed by atoms with Crippen molar-refractivity contribution in [3.63, 3.8) is 0 Å². The fourth-order valence-electron chi connectivity index (χ4n) is 3.80. The number of likely N-dealkylation sites (N-methyl/N-ethyl adjacent to an activating group) is 1. The fourth-order valence-corrected chi connectivity index (χ4v) is 3.80. The number of ketones is 1. The number of amides is 1. The third-order valence-electron chi connectivity index (χ3n) is 5.48. The maximum absolute atomic E-state index is 13.1. The normalized spacial score (nSPS) is 18.1. The first-order valence-electron chi connectivity index (χ1n) is 10.9. The summed E-state index contributed by atoms with van der Waals surface area (Å²) in [5.74, 6) is -0.296. The van der Waals surface area contributed by atoms with Crippen molar-refractivity contribution >= 4 is 17.4 Å². The van der Waals surface area contributed by atoms with Crippen LogP contribution < -0.4 is 4.74 Å². The molecular formula is C26H32N2O4. The van der Waals surface area contributed by atoms with Gasteiger partial charge in [-0.25, -0.2) is 0 Å². The Labute approximate surface area is 190 Å². The number of aliphatic hydroxyl groups is 1. The summed E-state index contributed by atoms with van der Waals surface area (Å²) in [4.78, 5) is 29.5. The van der Waals surface area contributed by atoms with Crippen LogP contribution in [0.1, 0.15) is 36.6 Å². The molecule has 1 aliphatic heterocycles. The Bertz CT molecular complexity index is 1010. The van der Waals surface area contributed by atoms with Crippen LogP contribution in [0.4, 0.5) is 0 Å². The molecule has 1 N–H and O–H groups in total. The Hall–Kier alpha value is -3.12. The second kappa shape index (κ2) is 10.0. The Kier molecular flexibility index (Phi) is 7.36. The number of benzene rings is 2. The molecule has 0 unspecified atom stereocenters. The van der Waals surface area contributed by atoms with E-state index in [1.807, 2.05) is 62.3 Å². The van der Waals surface area contributed by atoms with Gasteiger partial charge in [0, 0.05) is 18.7 Å². The standard InChI is InChI=1S/C26H32N2O4/c1-17(2)16-32-20-11-12-21(18(3)15-20)24(29)22-23(19-9-7-6-8-10-19)28(14-13-27(4)5)26(31)25(22)30/h6-12,15,17,23,29H,13-14,16H2,1-5H3/t23-/m0/s1. The van der Waals surface area contributed by atoms with Crippen LogP contribution in [0.5, 0.6) is 5.75 Å². The molecule has 1 aliphatic rings. The maximum Gasteiger partial charge on any atom is 0.295 e. The molecule has 0 saturated carbocycles. The van der Waals surface area contributed by atoms with Gasteiger partial charge in [0.05, 0.1) is 18.2 Å². The molecule has 2 aromatic carbocycles. The van der Waals surface area contributed by atoms with Crippen LogP contribution in [0.25, 0.3) is 5.76 Å². The van der Waals surface area contributed by atoms with Crippen LogP contribution in [-0.4, -0.2) is 60.4 Å². The highest BCUT2D eigenvalue weighted by atomic mass is 16.5. The topological polar surface area (TPSA) is 70.1 Å². The zero-order chi connectivity index (χ0) is 23.4. The monoisotopic (exact) mass is 436 g/mol. The summed E-state index contributed by atoms with van der Waals surface area (Å²) in [7, 11) is 3.83. The van der Waals surface area contributed by atoms with E-state index in [1.165, 1.54) is 0 Å². The SMILES string of the molecule is Cc1cc(OCC(C)C)ccc1C(O)=C1C(=O)C(=O)N(CCN(C)C)[C@H]1c1ccccc1. The number of aliphatic hydroxyl groups excluding tert-OH is 1. The van der Waals surface area contributed by atoms with E-state index in [9.17, 15) is 14.7 Å². The van der Waals surface area contributed by atoms with Crippen LogP contribution in [0.2, 0.25) is 0 Å². The van der Waals surface area contributed by atoms with Crippen molar-refractivity contribution < 1.29 is 19.4 Å². The minimum absolute atomic E-state index is 0.124. The molecule has 0 aliphatic carbocycles. The first kappa shape index (κ1) is 23.5. The minimum atomic E-state index is -0.658. The number of aryl methyl sites for hydroxylation is 1. The van der Waals surface area contributed by atoms with Gasteiger partial charge in [0.2, 0.25) is 0 Å². The number of rotatable bonds is 8. The largest absolute Gasteiger partial charge is 0.507 e. The van der Waals surface area contributed by atoms with Crippen molar-refractivity contribution in [1.29, 1.82) is 0 Å². The van der Waals surface area contributed by atoms with Crippen molar-refractivity contribution in [2.24, 2.45) is 5.92 Å². The number of hydrogen-bond donors (Lipinski definition) is 1. The van der Waals surface area contributed by atoms with Gasteiger partial charge in [0.25, 0.3) is 11.7 Å². The van der Waals surface area contributed by atoms with Gasteiger partial charge in [-0.1, -0.05) is 44.2 Å². The molecule has 1 atom stereocenters. The van der Waals surface area contributed by atoms with Crippen LogP contribution in [0.3, 0.4) is 0 Å². The molecule has 0 radical (unpaired) electrons. The molecule has 32 heavy (non-hydrogen) atoms. The molecule has 3 rings (SSSR count). The van der Waals surface area contributed by atoms with Gasteiger partial charge in [-0.2, -0.15) is 0 Å². The van der Waals surface area contributed by atoms with Gasteiger partial charge >= 0.3 is 0 Å². The van der Waals surface area contributed by atoms with Crippen molar-refractivity contribution in [2.75, 3.05) is 33.8 Å². The molecule has 170 valence electrons. The average molecular weight is 437 g/mol. The molecule has 1 saturated heterocycles. The van der Waals surface area contributed by atoms with Crippen molar-refractivity contribution in [1.82, 2.24) is 9.80 Å². The number of carbonyl (C=O) groups excluding carboxylic acids is 2. The third-order valence-corrected chi connectivity index (χ3v) is 5.48. The number of likely N-dealkylation sites (tertiary alicyclic amines) is 1. The van der Waals surface area contributed by atoms with E-state index >= 15 is 0 Å². The summed E-state index contributed by atoms with van der Waals surface area (Å²) < 4.78 is 5.78. The first-order valence-corrected chi connectivity index (χ1v) is 10.9. The zero-order valence-electron chi connectivity index (χ0n) is 19.5. The van der Waals surface area contributed by atoms with E-state index < -0.39 is 17.7 Å². The lowest BCUT2D eigenvalue weighted by Gasteiger charge is -2.26. The quantitative estimate of drug-likeness (QED) is 0.385. The lowest BCUT2D eigenvalue weighted by Crippen LogP contribution is -2.35. The van der Waals surface area contributed by atoms with E-state index in [2.05, 4.69) is 13.8 Å². The van der Waals surface area contributed by atoms with Gasteiger partial charge in [-0.3, -0.25) is 9.59 Å².